The molecule has 4 heteroatoms. The van der Waals surface area contributed by atoms with Gasteiger partial charge in [-0.25, -0.2) is 0 Å². The van der Waals surface area contributed by atoms with E-state index in [4.69, 9.17) is 4.43 Å². The normalized spacial score (nSPS) is 18.5. The Labute approximate surface area is 148 Å². The Hall–Kier alpha value is -1.29. The molecule has 1 amide bonds. The van der Waals surface area contributed by atoms with Crippen LogP contribution in [-0.4, -0.2) is 20.3 Å². The molecule has 1 heterocycles. The van der Waals surface area contributed by atoms with Gasteiger partial charge >= 0.3 is 0 Å². The highest BCUT2D eigenvalue weighted by molar-refractivity contribution is 6.78. The molecule has 1 saturated heterocycles. The summed E-state index contributed by atoms with van der Waals surface area (Å²) in [6, 6.07) is 8.82. The smallest absolute Gasteiger partial charge is 0.258 e. The van der Waals surface area contributed by atoms with Crippen LogP contribution in [0.3, 0.4) is 0 Å². The third-order valence-corrected chi connectivity index (χ3v) is 11.5. The first-order valence-electron chi connectivity index (χ1n) is 9.33. The molecule has 0 aromatic heterocycles. The van der Waals surface area contributed by atoms with Crippen LogP contribution < -0.4 is 9.74 Å². The summed E-state index contributed by atoms with van der Waals surface area (Å²) in [6.07, 6.45) is 2.52. The number of hydrogen-bond donors (Lipinski definition) is 1. The van der Waals surface area contributed by atoms with Crippen LogP contribution in [0.25, 0.3) is 0 Å². The maximum absolute atomic E-state index is 11.3. The van der Waals surface area contributed by atoms with Crippen LogP contribution >= 0.6 is 0 Å². The third-order valence-electron chi connectivity index (χ3n) is 5.49. The summed E-state index contributed by atoms with van der Waals surface area (Å²) in [5.74, 6) is 1.18. The number of benzene rings is 1. The first-order valence-corrected chi connectivity index (χ1v) is 11.5. The molecular formula is C20H33NO2Si. The summed E-state index contributed by atoms with van der Waals surface area (Å²) in [4.78, 5) is 11.3. The molecule has 0 radical (unpaired) electrons. The van der Waals surface area contributed by atoms with Gasteiger partial charge in [0.1, 0.15) is 5.75 Å². The van der Waals surface area contributed by atoms with E-state index in [9.17, 15) is 4.79 Å². The van der Waals surface area contributed by atoms with Gasteiger partial charge in [0.25, 0.3) is 8.32 Å². The van der Waals surface area contributed by atoms with Crippen molar-refractivity contribution in [1.82, 2.24) is 5.32 Å². The molecule has 0 aliphatic carbocycles. The predicted molar refractivity (Wildman–Crippen MR) is 103 cm³/mol. The van der Waals surface area contributed by atoms with Crippen molar-refractivity contribution >= 4 is 14.2 Å². The zero-order chi connectivity index (χ0) is 17.9. The van der Waals surface area contributed by atoms with Crippen molar-refractivity contribution in [2.75, 3.05) is 0 Å². The molecule has 1 fully saturated rings. The molecule has 1 aliphatic heterocycles. The second-order valence-electron chi connectivity index (χ2n) is 8.07. The largest absolute Gasteiger partial charge is 0.543 e. The summed E-state index contributed by atoms with van der Waals surface area (Å²) < 4.78 is 6.70. The van der Waals surface area contributed by atoms with Gasteiger partial charge < -0.3 is 9.74 Å². The maximum atomic E-state index is 11.3. The summed E-state index contributed by atoms with van der Waals surface area (Å²) in [6.45, 7) is 13.9. The number of carbonyl (C=O) groups is 1. The lowest BCUT2D eigenvalue weighted by molar-refractivity contribution is -0.119. The first kappa shape index (κ1) is 19.0. The molecule has 24 heavy (non-hydrogen) atoms. The zero-order valence-electron chi connectivity index (χ0n) is 16.1. The lowest BCUT2D eigenvalue weighted by Gasteiger charge is -2.42. The zero-order valence-corrected chi connectivity index (χ0v) is 17.1. The van der Waals surface area contributed by atoms with Gasteiger partial charge in [0, 0.05) is 12.5 Å². The van der Waals surface area contributed by atoms with Gasteiger partial charge in [-0.1, -0.05) is 53.7 Å². The van der Waals surface area contributed by atoms with Gasteiger partial charge in [-0.2, -0.15) is 0 Å². The van der Waals surface area contributed by atoms with Crippen LogP contribution in [-0.2, 0) is 11.2 Å². The molecule has 3 nitrogen and oxygen atoms in total. The summed E-state index contributed by atoms with van der Waals surface area (Å²) >= 11 is 0. The number of amides is 1. The minimum Gasteiger partial charge on any atom is -0.543 e. The van der Waals surface area contributed by atoms with E-state index in [1.54, 1.807) is 0 Å². The Balaban J connectivity index is 2.10. The van der Waals surface area contributed by atoms with Crippen molar-refractivity contribution in [3.63, 3.8) is 0 Å². The van der Waals surface area contributed by atoms with Crippen molar-refractivity contribution in [1.29, 1.82) is 0 Å². The average Bonchev–Trinajstić information content (AvgIpc) is 2.90. The van der Waals surface area contributed by atoms with Gasteiger partial charge in [-0.15, -0.1) is 0 Å². The SMILES string of the molecule is CC(C)[Si](Oc1ccc(C[C@H]2CCC(=O)N2)cc1)(C(C)C)C(C)C. The van der Waals surface area contributed by atoms with Gasteiger partial charge in [0.05, 0.1) is 0 Å². The lowest BCUT2D eigenvalue weighted by atomic mass is 10.0. The molecule has 134 valence electrons. The third kappa shape index (κ3) is 4.02. The van der Waals surface area contributed by atoms with Crippen LogP contribution in [0.15, 0.2) is 24.3 Å². The lowest BCUT2D eigenvalue weighted by Crippen LogP contribution is -2.50. The Morgan fingerprint density at radius 3 is 2.00 bits per heavy atom. The van der Waals surface area contributed by atoms with Crippen molar-refractivity contribution in [2.45, 2.75) is 83.5 Å². The van der Waals surface area contributed by atoms with Crippen molar-refractivity contribution in [3.05, 3.63) is 29.8 Å². The van der Waals surface area contributed by atoms with E-state index in [-0.39, 0.29) is 5.91 Å². The Morgan fingerprint density at radius 2 is 1.58 bits per heavy atom. The predicted octanol–water partition coefficient (Wildman–Crippen LogP) is 5.06. The van der Waals surface area contributed by atoms with Gasteiger partial charge in [-0.05, 0) is 47.2 Å². The Bertz CT molecular complexity index is 529. The molecule has 0 bridgehead atoms. The first-order chi connectivity index (χ1) is 11.3. The fraction of sp³-hybridized carbons (Fsp3) is 0.650. The Kier molecular flexibility index (Phi) is 6.13. The summed E-state index contributed by atoms with van der Waals surface area (Å²) in [5, 5.41) is 3.04. The fourth-order valence-corrected chi connectivity index (χ4v) is 9.62. The summed E-state index contributed by atoms with van der Waals surface area (Å²) in [7, 11) is -1.89. The molecule has 1 N–H and O–H groups in total. The van der Waals surface area contributed by atoms with E-state index < -0.39 is 8.32 Å². The Morgan fingerprint density at radius 1 is 1.04 bits per heavy atom. The quantitative estimate of drug-likeness (QED) is 0.700. The minimum absolute atomic E-state index is 0.182. The van der Waals surface area contributed by atoms with Crippen LogP contribution in [0.1, 0.15) is 59.9 Å². The van der Waals surface area contributed by atoms with Crippen LogP contribution in [0.4, 0.5) is 0 Å². The van der Waals surface area contributed by atoms with Crippen molar-refractivity contribution in [3.8, 4) is 5.75 Å². The molecule has 1 aromatic carbocycles. The van der Waals surface area contributed by atoms with Crippen molar-refractivity contribution < 1.29 is 9.22 Å². The fourth-order valence-electron chi connectivity index (χ4n) is 4.37. The van der Waals surface area contributed by atoms with E-state index in [2.05, 4.69) is 71.1 Å². The second-order valence-corrected chi connectivity index (χ2v) is 13.4. The van der Waals surface area contributed by atoms with E-state index in [0.29, 0.717) is 29.1 Å². The van der Waals surface area contributed by atoms with Gasteiger partial charge in [-0.3, -0.25) is 4.79 Å². The molecule has 1 aromatic rings. The number of hydrogen-bond acceptors (Lipinski definition) is 2. The number of rotatable bonds is 7. The van der Waals surface area contributed by atoms with Crippen LogP contribution in [0, 0.1) is 0 Å². The van der Waals surface area contributed by atoms with E-state index >= 15 is 0 Å². The van der Waals surface area contributed by atoms with Crippen LogP contribution in [0.2, 0.25) is 16.6 Å². The highest BCUT2D eigenvalue weighted by Gasteiger charge is 2.46. The molecular weight excluding hydrogens is 314 g/mol. The molecule has 1 aliphatic rings. The minimum atomic E-state index is -1.89. The maximum Gasteiger partial charge on any atom is 0.258 e. The van der Waals surface area contributed by atoms with Crippen molar-refractivity contribution in [2.24, 2.45) is 0 Å². The molecule has 2 rings (SSSR count). The molecule has 0 saturated carbocycles. The number of nitrogens with one attached hydrogen (secondary N) is 1. The highest BCUT2D eigenvalue weighted by Crippen LogP contribution is 2.42. The monoisotopic (exact) mass is 347 g/mol. The second kappa shape index (κ2) is 7.73. The highest BCUT2D eigenvalue weighted by atomic mass is 28.4. The van der Waals surface area contributed by atoms with Gasteiger partial charge in [0.2, 0.25) is 5.91 Å². The van der Waals surface area contributed by atoms with Gasteiger partial charge in [0.15, 0.2) is 0 Å². The number of carbonyl (C=O) groups excluding carboxylic acids is 1. The van der Waals surface area contributed by atoms with Crippen LogP contribution in [0.5, 0.6) is 5.75 Å². The molecule has 1 atom stereocenters. The molecule has 0 spiro atoms. The standard InChI is InChI=1S/C20H33NO2Si/c1-14(2)24(15(3)4,16(5)6)23-19-10-7-17(8-11-19)13-18-9-12-20(22)21-18/h7-8,10-11,14-16,18H,9,12-13H2,1-6H3,(H,21,22)/t18-/m1/s1. The van der Waals surface area contributed by atoms with E-state index in [1.165, 1.54) is 5.56 Å². The molecule has 0 unspecified atom stereocenters. The topological polar surface area (TPSA) is 38.3 Å². The summed E-state index contributed by atoms with van der Waals surface area (Å²) in [5.41, 5.74) is 2.99. The van der Waals surface area contributed by atoms with E-state index in [1.807, 2.05) is 0 Å². The average molecular weight is 348 g/mol. The van der Waals surface area contributed by atoms with E-state index in [0.717, 1.165) is 18.6 Å².